The molecule has 0 aromatic heterocycles. The van der Waals surface area contributed by atoms with Crippen molar-refractivity contribution in [3.05, 3.63) is 11.3 Å². The third-order valence-electron chi connectivity index (χ3n) is 15.2. The van der Waals surface area contributed by atoms with Crippen LogP contribution in [0.4, 0.5) is 4.39 Å². The lowest BCUT2D eigenvalue weighted by atomic mass is 9.41. The first-order valence-electron chi connectivity index (χ1n) is 18.0. The Morgan fingerprint density at radius 2 is 1.64 bits per heavy atom. The fourth-order valence-electron chi connectivity index (χ4n) is 13.0. The van der Waals surface area contributed by atoms with E-state index < -0.39 is 60.0 Å². The van der Waals surface area contributed by atoms with Crippen molar-refractivity contribution < 1.29 is 48.6 Å². The van der Waals surface area contributed by atoms with Crippen LogP contribution in [0.15, 0.2) is 11.3 Å². The third-order valence-corrected chi connectivity index (χ3v) is 15.2. The molecule has 0 aromatic rings. The molecule has 47 heavy (non-hydrogen) atoms. The van der Waals surface area contributed by atoms with E-state index in [1.54, 1.807) is 0 Å². The van der Waals surface area contributed by atoms with Crippen molar-refractivity contribution in [1.82, 2.24) is 0 Å². The predicted molar refractivity (Wildman–Crippen MR) is 169 cm³/mol. The fraction of sp³-hybridized carbons (Fsp3) is 0.919. The van der Waals surface area contributed by atoms with E-state index in [1.807, 2.05) is 0 Å². The lowest BCUT2D eigenvalue weighted by Crippen LogP contribution is -2.61. The summed E-state index contributed by atoms with van der Waals surface area (Å²) in [5, 5.41) is 43.2. The first-order chi connectivity index (χ1) is 21.8. The summed E-state index contributed by atoms with van der Waals surface area (Å²) in [6.45, 7) is 15.4. The van der Waals surface area contributed by atoms with Gasteiger partial charge in [-0.3, -0.25) is 4.79 Å². The average Bonchev–Trinajstić information content (AvgIpc) is 3.61. The Hall–Kier alpha value is -1.30. The maximum Gasteiger partial charge on any atom is 0.303 e. The van der Waals surface area contributed by atoms with Crippen molar-refractivity contribution in [3.8, 4) is 0 Å². The van der Waals surface area contributed by atoms with Crippen LogP contribution in [0.5, 0.6) is 0 Å². The second kappa shape index (κ2) is 10.6. The SMILES string of the molecule is CC(=O)O[C@@H]([C@H]1C[C@@H](C)C2=C(O1)[C@H](O)[C@@]1(C)[C@@H]3CC[C@H]4C(C)(C)[C@@H](O[C@@H]5OC[C@@H](O)[C@H](O)[C@H]5O)CC[C@@]45C[C@@]35CC[C@]21C)C(C)(C)F. The van der Waals surface area contributed by atoms with Crippen molar-refractivity contribution >= 4 is 5.97 Å². The molecule has 2 spiro atoms. The lowest BCUT2D eigenvalue weighted by molar-refractivity contribution is -0.303. The van der Waals surface area contributed by atoms with Crippen LogP contribution in [0.3, 0.4) is 0 Å². The Bertz CT molecular complexity index is 1330. The van der Waals surface area contributed by atoms with E-state index in [9.17, 15) is 25.2 Å². The highest BCUT2D eigenvalue weighted by Crippen LogP contribution is 2.89. The topological polar surface area (TPSA) is 135 Å². The smallest absolute Gasteiger partial charge is 0.303 e. The number of esters is 1. The number of aliphatic hydroxyl groups excluding tert-OH is 4. The van der Waals surface area contributed by atoms with Gasteiger partial charge in [-0.2, -0.15) is 0 Å². The number of fused-ring (bicyclic) bond motifs is 3. The Morgan fingerprint density at radius 1 is 0.979 bits per heavy atom. The number of carbonyl (C=O) groups excluding carboxylic acids is 1. The molecular weight excluding hydrogens is 607 g/mol. The predicted octanol–water partition coefficient (Wildman–Crippen LogP) is 4.57. The summed E-state index contributed by atoms with van der Waals surface area (Å²) < 4.78 is 39.6. The second-order valence-electron chi connectivity index (χ2n) is 18.1. The van der Waals surface area contributed by atoms with Crippen molar-refractivity contribution in [1.29, 1.82) is 0 Å². The molecule has 10 heteroatoms. The molecule has 4 N–H and O–H groups in total. The highest BCUT2D eigenvalue weighted by Gasteiger charge is 2.83. The summed E-state index contributed by atoms with van der Waals surface area (Å²) in [4.78, 5) is 12.0. The van der Waals surface area contributed by atoms with Crippen LogP contribution < -0.4 is 0 Å². The molecule has 2 heterocycles. The van der Waals surface area contributed by atoms with E-state index >= 15 is 4.39 Å². The van der Waals surface area contributed by atoms with E-state index in [0.717, 1.165) is 44.9 Å². The van der Waals surface area contributed by atoms with Gasteiger partial charge in [0, 0.05) is 17.8 Å². The van der Waals surface area contributed by atoms with E-state index in [0.29, 0.717) is 18.1 Å². The van der Waals surface area contributed by atoms with Gasteiger partial charge >= 0.3 is 5.97 Å². The number of alkyl halides is 1. The number of carbonyl (C=O) groups is 1. The summed E-state index contributed by atoms with van der Waals surface area (Å²) in [6, 6.07) is 0. The summed E-state index contributed by atoms with van der Waals surface area (Å²) >= 11 is 0. The minimum absolute atomic E-state index is 0.0488. The quantitative estimate of drug-likeness (QED) is 0.246. The van der Waals surface area contributed by atoms with Gasteiger partial charge in [-0.05, 0) is 105 Å². The van der Waals surface area contributed by atoms with Gasteiger partial charge in [-0.25, -0.2) is 4.39 Å². The van der Waals surface area contributed by atoms with Crippen LogP contribution in [0.25, 0.3) is 0 Å². The Labute approximate surface area is 278 Å². The van der Waals surface area contributed by atoms with Crippen molar-refractivity contribution in [2.75, 3.05) is 6.61 Å². The van der Waals surface area contributed by atoms with E-state index in [1.165, 1.54) is 26.3 Å². The normalized spacial score (nSPS) is 52.2. The van der Waals surface area contributed by atoms with Crippen LogP contribution >= 0.6 is 0 Å². The number of halogens is 1. The zero-order chi connectivity index (χ0) is 34.3. The maximum absolute atomic E-state index is 15.4. The largest absolute Gasteiger partial charge is 0.488 e. The van der Waals surface area contributed by atoms with Gasteiger partial charge in [0.25, 0.3) is 0 Å². The minimum Gasteiger partial charge on any atom is -0.488 e. The van der Waals surface area contributed by atoms with E-state index in [-0.39, 0.29) is 46.2 Å². The van der Waals surface area contributed by atoms with E-state index in [2.05, 4.69) is 34.6 Å². The van der Waals surface area contributed by atoms with Crippen molar-refractivity contribution in [2.24, 2.45) is 44.8 Å². The van der Waals surface area contributed by atoms with Crippen molar-refractivity contribution in [2.45, 2.75) is 161 Å². The van der Waals surface area contributed by atoms with Gasteiger partial charge in [0.15, 0.2) is 12.4 Å². The molecule has 0 radical (unpaired) electrons. The Balaban J connectivity index is 1.15. The third kappa shape index (κ3) is 4.43. The van der Waals surface area contributed by atoms with Crippen molar-refractivity contribution in [3.63, 3.8) is 0 Å². The van der Waals surface area contributed by atoms with Gasteiger partial charge in [0.1, 0.15) is 41.9 Å². The highest BCUT2D eigenvalue weighted by molar-refractivity contribution is 5.66. The van der Waals surface area contributed by atoms with E-state index in [4.69, 9.17) is 18.9 Å². The zero-order valence-corrected chi connectivity index (χ0v) is 29.4. The number of ether oxygens (including phenoxy) is 4. The molecule has 266 valence electrons. The molecule has 9 nitrogen and oxygen atoms in total. The van der Waals surface area contributed by atoms with Crippen LogP contribution in [-0.2, 0) is 23.7 Å². The second-order valence-corrected chi connectivity index (χ2v) is 18.1. The molecule has 15 atom stereocenters. The summed E-state index contributed by atoms with van der Waals surface area (Å²) in [6.07, 6.45) is -0.00142. The highest BCUT2D eigenvalue weighted by atomic mass is 19.1. The first-order valence-corrected chi connectivity index (χ1v) is 18.0. The molecule has 7 rings (SSSR count). The van der Waals surface area contributed by atoms with Gasteiger partial charge in [-0.1, -0.05) is 34.6 Å². The molecule has 0 aromatic carbocycles. The minimum atomic E-state index is -1.81. The van der Waals surface area contributed by atoms with Gasteiger partial charge in [0.2, 0.25) is 0 Å². The van der Waals surface area contributed by atoms with Crippen LogP contribution in [0.1, 0.15) is 107 Å². The maximum atomic E-state index is 15.4. The molecular formula is C37H57FO9. The molecule has 0 amide bonds. The summed E-state index contributed by atoms with van der Waals surface area (Å²) in [5.41, 5.74) is -1.32. The molecule has 5 aliphatic carbocycles. The average molecular weight is 665 g/mol. The fourth-order valence-corrected chi connectivity index (χ4v) is 13.0. The number of aliphatic hydroxyl groups is 4. The van der Waals surface area contributed by atoms with Crippen LogP contribution in [0, 0.1) is 44.8 Å². The van der Waals surface area contributed by atoms with Gasteiger partial charge in [0.05, 0.1) is 12.7 Å². The molecule has 0 unspecified atom stereocenters. The number of hydrogen-bond acceptors (Lipinski definition) is 9. The van der Waals surface area contributed by atoms with Crippen LogP contribution in [0.2, 0.25) is 0 Å². The van der Waals surface area contributed by atoms with Crippen LogP contribution in [-0.4, -0.2) is 87.7 Å². The summed E-state index contributed by atoms with van der Waals surface area (Å²) in [5.74, 6) is 0.773. The molecule has 2 aliphatic heterocycles. The standard InChI is InChI=1S/C37H57FO9/c1-18-15-21(30(33(5,6)38)45-19(2)39)46-28-25(18)34(7)13-14-37-17-36(37)12-11-24(47-31-27(42)26(41)20(40)16-44-31)32(3,4)22(36)9-10-23(37)35(34,8)29(28)43/h18,20-24,26-27,29-31,40-43H,9-17H2,1-8H3/t18-,20-,21-,22+,23+,24+,26+,27-,29+,30+,31+,34-,35-,36-,37+/m1/s1. The molecule has 0 bridgehead atoms. The number of rotatable bonds is 5. The monoisotopic (exact) mass is 664 g/mol. The summed E-state index contributed by atoms with van der Waals surface area (Å²) in [7, 11) is 0. The first kappa shape index (κ1) is 34.2. The molecule has 4 saturated carbocycles. The molecule has 1 saturated heterocycles. The zero-order valence-electron chi connectivity index (χ0n) is 29.4. The number of allylic oxidation sites excluding steroid dienone is 1. The molecule has 5 fully saturated rings. The Kier molecular flexibility index (Phi) is 7.71. The molecule has 7 aliphatic rings. The van der Waals surface area contributed by atoms with Gasteiger partial charge in [-0.15, -0.1) is 0 Å². The van der Waals surface area contributed by atoms with Gasteiger partial charge < -0.3 is 39.4 Å². The lowest BCUT2D eigenvalue weighted by Gasteiger charge is -2.63. The number of hydrogen-bond donors (Lipinski definition) is 4. The Morgan fingerprint density at radius 3 is 2.30 bits per heavy atom.